The van der Waals surface area contributed by atoms with E-state index in [-0.39, 0.29) is 6.04 Å². The molecule has 0 aromatic carbocycles. The molecule has 1 rings (SSSR count). The fraction of sp³-hybridized carbons (Fsp3) is 0.643. The van der Waals surface area contributed by atoms with Crippen molar-refractivity contribution in [3.05, 3.63) is 30.1 Å². The number of aromatic nitrogens is 1. The van der Waals surface area contributed by atoms with Crippen molar-refractivity contribution in [3.8, 4) is 0 Å². The zero-order valence-electron chi connectivity index (χ0n) is 10.4. The average molecular weight is 220 g/mol. The molecule has 1 aromatic heterocycles. The van der Waals surface area contributed by atoms with Crippen LogP contribution in [0, 0.1) is 0 Å². The molecule has 1 atom stereocenters. The van der Waals surface area contributed by atoms with Gasteiger partial charge in [0.2, 0.25) is 0 Å². The predicted molar refractivity (Wildman–Crippen MR) is 69.3 cm³/mol. The summed E-state index contributed by atoms with van der Waals surface area (Å²) < 4.78 is 0. The fourth-order valence-electron chi connectivity index (χ4n) is 1.90. The Balaban J connectivity index is 2.09. The van der Waals surface area contributed by atoms with Gasteiger partial charge in [0, 0.05) is 24.4 Å². The van der Waals surface area contributed by atoms with E-state index in [2.05, 4.69) is 18.0 Å². The van der Waals surface area contributed by atoms with Crippen LogP contribution in [-0.4, -0.2) is 11.0 Å². The van der Waals surface area contributed by atoms with Crippen LogP contribution in [0.5, 0.6) is 0 Å². The van der Waals surface area contributed by atoms with Gasteiger partial charge in [-0.05, 0) is 18.6 Å². The van der Waals surface area contributed by atoms with Gasteiger partial charge in [-0.2, -0.15) is 0 Å². The smallest absolute Gasteiger partial charge is 0.0419 e. The lowest BCUT2D eigenvalue weighted by atomic mass is 10.0. The molecule has 90 valence electrons. The molecule has 0 fully saturated rings. The molecule has 1 unspecified atom stereocenters. The molecule has 1 aromatic rings. The molecule has 0 amide bonds. The Morgan fingerprint density at radius 3 is 2.69 bits per heavy atom. The Bertz CT molecular complexity index is 259. The summed E-state index contributed by atoms with van der Waals surface area (Å²) in [5, 5.41) is 0. The molecule has 0 aliphatic heterocycles. The van der Waals surface area contributed by atoms with Crippen molar-refractivity contribution in [2.75, 3.05) is 0 Å². The SMILES string of the molecule is CCCCCCCC(N)Cc1ccccn1. The molecule has 0 bridgehead atoms. The van der Waals surface area contributed by atoms with Gasteiger partial charge >= 0.3 is 0 Å². The Morgan fingerprint density at radius 2 is 2.00 bits per heavy atom. The minimum Gasteiger partial charge on any atom is -0.327 e. The summed E-state index contributed by atoms with van der Waals surface area (Å²) in [6.07, 6.45) is 10.5. The van der Waals surface area contributed by atoms with Crippen LogP contribution in [0.1, 0.15) is 51.1 Å². The first-order valence-electron chi connectivity index (χ1n) is 6.48. The maximum absolute atomic E-state index is 6.08. The van der Waals surface area contributed by atoms with Crippen LogP contribution in [0.4, 0.5) is 0 Å². The van der Waals surface area contributed by atoms with Crippen LogP contribution >= 0.6 is 0 Å². The zero-order valence-corrected chi connectivity index (χ0v) is 10.4. The van der Waals surface area contributed by atoms with E-state index in [4.69, 9.17) is 5.73 Å². The molecule has 0 saturated carbocycles. The van der Waals surface area contributed by atoms with Crippen molar-refractivity contribution in [1.29, 1.82) is 0 Å². The van der Waals surface area contributed by atoms with Crippen LogP contribution in [0.25, 0.3) is 0 Å². The monoisotopic (exact) mass is 220 g/mol. The number of nitrogens with zero attached hydrogens (tertiary/aromatic N) is 1. The number of nitrogens with two attached hydrogens (primary N) is 1. The third-order valence-electron chi connectivity index (χ3n) is 2.88. The average Bonchev–Trinajstić information content (AvgIpc) is 2.30. The van der Waals surface area contributed by atoms with Crippen molar-refractivity contribution in [2.45, 2.75) is 57.9 Å². The van der Waals surface area contributed by atoms with Crippen molar-refractivity contribution in [2.24, 2.45) is 5.73 Å². The number of hydrogen-bond acceptors (Lipinski definition) is 2. The van der Waals surface area contributed by atoms with Crippen molar-refractivity contribution in [1.82, 2.24) is 4.98 Å². The van der Waals surface area contributed by atoms with Crippen LogP contribution in [0.2, 0.25) is 0 Å². The van der Waals surface area contributed by atoms with Crippen molar-refractivity contribution < 1.29 is 0 Å². The molecule has 0 spiro atoms. The highest BCUT2D eigenvalue weighted by Crippen LogP contribution is 2.08. The van der Waals surface area contributed by atoms with Crippen LogP contribution in [0.15, 0.2) is 24.4 Å². The highest BCUT2D eigenvalue weighted by molar-refractivity contribution is 5.04. The second-order valence-electron chi connectivity index (χ2n) is 4.49. The minimum atomic E-state index is 0.275. The molecule has 0 aliphatic rings. The summed E-state index contributed by atoms with van der Waals surface area (Å²) in [7, 11) is 0. The molecular weight excluding hydrogens is 196 g/mol. The lowest BCUT2D eigenvalue weighted by Crippen LogP contribution is -2.23. The van der Waals surface area contributed by atoms with E-state index in [1.54, 1.807) is 0 Å². The highest BCUT2D eigenvalue weighted by atomic mass is 14.7. The zero-order chi connectivity index (χ0) is 11.6. The highest BCUT2D eigenvalue weighted by Gasteiger charge is 2.04. The third-order valence-corrected chi connectivity index (χ3v) is 2.88. The third kappa shape index (κ3) is 5.86. The summed E-state index contributed by atoms with van der Waals surface area (Å²) in [6, 6.07) is 6.30. The van der Waals surface area contributed by atoms with E-state index >= 15 is 0 Å². The summed E-state index contributed by atoms with van der Waals surface area (Å²) >= 11 is 0. The van der Waals surface area contributed by atoms with E-state index in [0.717, 1.165) is 18.5 Å². The van der Waals surface area contributed by atoms with Gasteiger partial charge in [-0.3, -0.25) is 4.98 Å². The number of unbranched alkanes of at least 4 members (excludes halogenated alkanes) is 4. The van der Waals surface area contributed by atoms with Gasteiger partial charge in [-0.1, -0.05) is 45.1 Å². The number of hydrogen-bond donors (Lipinski definition) is 1. The number of pyridine rings is 1. The van der Waals surface area contributed by atoms with Gasteiger partial charge in [0.1, 0.15) is 0 Å². The van der Waals surface area contributed by atoms with Crippen LogP contribution < -0.4 is 5.73 Å². The summed E-state index contributed by atoms with van der Waals surface area (Å²) in [4.78, 5) is 4.30. The quantitative estimate of drug-likeness (QED) is 0.683. The van der Waals surface area contributed by atoms with Crippen molar-refractivity contribution >= 4 is 0 Å². The first-order valence-corrected chi connectivity index (χ1v) is 6.48. The summed E-state index contributed by atoms with van der Waals surface area (Å²) in [6.45, 7) is 2.24. The summed E-state index contributed by atoms with van der Waals surface area (Å²) in [5.41, 5.74) is 7.19. The maximum Gasteiger partial charge on any atom is 0.0419 e. The fourth-order valence-corrected chi connectivity index (χ4v) is 1.90. The van der Waals surface area contributed by atoms with Crippen LogP contribution in [-0.2, 0) is 6.42 Å². The van der Waals surface area contributed by atoms with Gasteiger partial charge in [-0.25, -0.2) is 0 Å². The van der Waals surface area contributed by atoms with Crippen LogP contribution in [0.3, 0.4) is 0 Å². The second kappa shape index (κ2) is 8.28. The van der Waals surface area contributed by atoms with Gasteiger partial charge in [0.05, 0.1) is 0 Å². The Kier molecular flexibility index (Phi) is 6.82. The molecule has 0 radical (unpaired) electrons. The largest absolute Gasteiger partial charge is 0.327 e. The van der Waals surface area contributed by atoms with E-state index in [1.807, 2.05) is 18.3 Å². The first-order chi connectivity index (χ1) is 7.83. The maximum atomic E-state index is 6.08. The topological polar surface area (TPSA) is 38.9 Å². The lowest BCUT2D eigenvalue weighted by Gasteiger charge is -2.10. The molecular formula is C14H24N2. The van der Waals surface area contributed by atoms with E-state index < -0.39 is 0 Å². The molecule has 0 aliphatic carbocycles. The Hall–Kier alpha value is -0.890. The van der Waals surface area contributed by atoms with Gasteiger partial charge in [0.25, 0.3) is 0 Å². The molecule has 2 heteroatoms. The Morgan fingerprint density at radius 1 is 1.19 bits per heavy atom. The molecule has 2 nitrogen and oxygen atoms in total. The van der Waals surface area contributed by atoms with Gasteiger partial charge < -0.3 is 5.73 Å². The predicted octanol–water partition coefficient (Wildman–Crippen LogP) is 3.31. The lowest BCUT2D eigenvalue weighted by molar-refractivity contribution is 0.535. The van der Waals surface area contributed by atoms with Gasteiger partial charge in [-0.15, -0.1) is 0 Å². The molecule has 1 heterocycles. The molecule has 0 saturated heterocycles. The normalized spacial score (nSPS) is 12.6. The molecule has 16 heavy (non-hydrogen) atoms. The van der Waals surface area contributed by atoms with E-state index in [9.17, 15) is 0 Å². The summed E-state index contributed by atoms with van der Waals surface area (Å²) in [5.74, 6) is 0. The van der Waals surface area contributed by atoms with E-state index in [1.165, 1.54) is 32.1 Å². The minimum absolute atomic E-state index is 0.275. The van der Waals surface area contributed by atoms with E-state index in [0.29, 0.717) is 0 Å². The molecule has 2 N–H and O–H groups in total. The standard InChI is InChI=1S/C14H24N2/c1-2-3-4-5-6-9-13(15)12-14-10-7-8-11-16-14/h7-8,10-11,13H,2-6,9,12,15H2,1H3. The number of rotatable bonds is 8. The second-order valence-corrected chi connectivity index (χ2v) is 4.49. The first kappa shape index (κ1) is 13.2. The Labute approximate surface area is 99.3 Å². The van der Waals surface area contributed by atoms with Gasteiger partial charge in [0.15, 0.2) is 0 Å². The van der Waals surface area contributed by atoms with Crippen molar-refractivity contribution in [3.63, 3.8) is 0 Å².